The van der Waals surface area contributed by atoms with Gasteiger partial charge in [-0.15, -0.1) is 0 Å². The molecule has 0 aromatic heterocycles. The van der Waals surface area contributed by atoms with E-state index in [2.05, 4.69) is 6.92 Å². The van der Waals surface area contributed by atoms with Gasteiger partial charge in [0.25, 0.3) is 0 Å². The van der Waals surface area contributed by atoms with Crippen molar-refractivity contribution in [3.8, 4) is 11.5 Å². The van der Waals surface area contributed by atoms with Gasteiger partial charge in [0.2, 0.25) is 0 Å². The Morgan fingerprint density at radius 1 is 1.12 bits per heavy atom. The maximum absolute atomic E-state index is 11.1. The molecule has 1 rings (SSSR count). The fourth-order valence-electron chi connectivity index (χ4n) is 1.72. The monoisotopic (exact) mass is 222 g/mol. The summed E-state index contributed by atoms with van der Waals surface area (Å²) in [5.74, 6) is 1.65. The lowest BCUT2D eigenvalue weighted by molar-refractivity contribution is -0.116. The van der Waals surface area contributed by atoms with Crippen LogP contribution in [-0.4, -0.2) is 20.0 Å². The van der Waals surface area contributed by atoms with Gasteiger partial charge >= 0.3 is 0 Å². The number of aryl methyl sites for hydroxylation is 1. The van der Waals surface area contributed by atoms with Crippen LogP contribution in [0.5, 0.6) is 11.5 Å². The molecule has 0 radical (unpaired) electrons. The second-order valence-corrected chi connectivity index (χ2v) is 3.71. The molecule has 0 bridgehead atoms. The number of hydrogen-bond donors (Lipinski definition) is 0. The molecule has 0 atom stereocenters. The van der Waals surface area contributed by atoms with E-state index in [0.717, 1.165) is 23.3 Å². The molecule has 0 N–H and O–H groups in total. The van der Waals surface area contributed by atoms with E-state index in [0.29, 0.717) is 12.2 Å². The van der Waals surface area contributed by atoms with Crippen molar-refractivity contribution in [2.45, 2.75) is 26.7 Å². The van der Waals surface area contributed by atoms with Crippen molar-refractivity contribution in [2.24, 2.45) is 0 Å². The molecule has 3 heteroatoms. The molecular formula is C13H18O3. The molecule has 0 unspecified atom stereocenters. The third-order valence-corrected chi connectivity index (χ3v) is 2.50. The SMILES string of the molecule is CCc1cc(CC(C)=O)c(OC)cc1OC. The van der Waals surface area contributed by atoms with Crippen LogP contribution in [0.25, 0.3) is 0 Å². The smallest absolute Gasteiger partial charge is 0.134 e. The van der Waals surface area contributed by atoms with Gasteiger partial charge in [-0.25, -0.2) is 0 Å². The van der Waals surface area contributed by atoms with Gasteiger partial charge in [0, 0.05) is 18.1 Å². The number of methoxy groups -OCH3 is 2. The van der Waals surface area contributed by atoms with Gasteiger partial charge in [-0.2, -0.15) is 0 Å². The van der Waals surface area contributed by atoms with Crippen molar-refractivity contribution in [2.75, 3.05) is 14.2 Å². The van der Waals surface area contributed by atoms with Crippen LogP contribution >= 0.6 is 0 Å². The Morgan fingerprint density at radius 2 is 1.69 bits per heavy atom. The Labute approximate surface area is 96.4 Å². The zero-order valence-electron chi connectivity index (χ0n) is 10.3. The molecule has 1 aromatic rings. The Balaban J connectivity index is 3.20. The Hall–Kier alpha value is -1.51. The third kappa shape index (κ3) is 2.75. The zero-order chi connectivity index (χ0) is 12.1. The molecule has 0 aliphatic carbocycles. The van der Waals surface area contributed by atoms with E-state index >= 15 is 0 Å². The van der Waals surface area contributed by atoms with Gasteiger partial charge < -0.3 is 9.47 Å². The molecule has 16 heavy (non-hydrogen) atoms. The highest BCUT2D eigenvalue weighted by atomic mass is 16.5. The topological polar surface area (TPSA) is 35.5 Å². The molecule has 3 nitrogen and oxygen atoms in total. The van der Waals surface area contributed by atoms with E-state index in [-0.39, 0.29) is 5.78 Å². The molecule has 0 spiro atoms. The fraction of sp³-hybridized carbons (Fsp3) is 0.462. The molecular weight excluding hydrogens is 204 g/mol. The predicted molar refractivity (Wildman–Crippen MR) is 63.3 cm³/mol. The molecule has 0 aliphatic rings. The minimum Gasteiger partial charge on any atom is -0.496 e. The molecule has 0 saturated heterocycles. The average Bonchev–Trinajstić information content (AvgIpc) is 2.27. The minimum absolute atomic E-state index is 0.130. The molecule has 0 aliphatic heterocycles. The summed E-state index contributed by atoms with van der Waals surface area (Å²) in [5.41, 5.74) is 2.02. The number of ether oxygens (including phenoxy) is 2. The van der Waals surface area contributed by atoms with Crippen LogP contribution in [0, 0.1) is 0 Å². The van der Waals surface area contributed by atoms with Crippen molar-refractivity contribution in [3.05, 3.63) is 23.3 Å². The van der Waals surface area contributed by atoms with Gasteiger partial charge in [0.15, 0.2) is 0 Å². The summed E-state index contributed by atoms with van der Waals surface area (Å²) in [6.45, 7) is 3.64. The van der Waals surface area contributed by atoms with Crippen molar-refractivity contribution >= 4 is 5.78 Å². The number of Topliss-reactive ketones (excluding diaryl/α,β-unsaturated/α-hetero) is 1. The van der Waals surface area contributed by atoms with E-state index < -0.39 is 0 Å². The first kappa shape index (κ1) is 12.6. The summed E-state index contributed by atoms with van der Waals surface area (Å²) >= 11 is 0. The van der Waals surface area contributed by atoms with Crippen LogP contribution in [0.3, 0.4) is 0 Å². The highest BCUT2D eigenvalue weighted by Crippen LogP contribution is 2.29. The molecule has 0 fully saturated rings. The predicted octanol–water partition coefficient (Wildman–Crippen LogP) is 2.40. The average molecular weight is 222 g/mol. The van der Waals surface area contributed by atoms with Crippen molar-refractivity contribution in [1.29, 1.82) is 0 Å². The lowest BCUT2D eigenvalue weighted by Crippen LogP contribution is -2.02. The molecule has 0 heterocycles. The summed E-state index contributed by atoms with van der Waals surface area (Å²) in [6, 6.07) is 3.83. The summed E-state index contributed by atoms with van der Waals surface area (Å²) in [4.78, 5) is 11.1. The van der Waals surface area contributed by atoms with E-state index in [1.807, 2.05) is 12.1 Å². The number of hydrogen-bond acceptors (Lipinski definition) is 3. The largest absolute Gasteiger partial charge is 0.496 e. The van der Waals surface area contributed by atoms with E-state index in [4.69, 9.17) is 9.47 Å². The lowest BCUT2D eigenvalue weighted by atomic mass is 10.0. The lowest BCUT2D eigenvalue weighted by Gasteiger charge is -2.13. The summed E-state index contributed by atoms with van der Waals surface area (Å²) < 4.78 is 10.5. The van der Waals surface area contributed by atoms with Crippen LogP contribution in [0.4, 0.5) is 0 Å². The maximum Gasteiger partial charge on any atom is 0.134 e. The first-order chi connectivity index (χ1) is 7.62. The number of rotatable bonds is 5. The normalized spacial score (nSPS) is 10.0. The highest BCUT2D eigenvalue weighted by Gasteiger charge is 2.11. The standard InChI is InChI=1S/C13H18O3/c1-5-10-7-11(6-9(2)14)13(16-4)8-12(10)15-3/h7-8H,5-6H2,1-4H3. The number of carbonyl (C=O) groups is 1. The summed E-state index contributed by atoms with van der Waals surface area (Å²) in [6.07, 6.45) is 1.28. The van der Waals surface area contributed by atoms with Crippen molar-refractivity contribution in [3.63, 3.8) is 0 Å². The van der Waals surface area contributed by atoms with Crippen LogP contribution in [0.2, 0.25) is 0 Å². The summed E-state index contributed by atoms with van der Waals surface area (Å²) in [7, 11) is 3.24. The first-order valence-electron chi connectivity index (χ1n) is 5.35. The first-order valence-corrected chi connectivity index (χ1v) is 5.35. The fourth-order valence-corrected chi connectivity index (χ4v) is 1.72. The Kier molecular flexibility index (Phi) is 4.35. The molecule has 0 amide bonds. The van der Waals surface area contributed by atoms with Crippen LogP contribution in [0.1, 0.15) is 25.0 Å². The van der Waals surface area contributed by atoms with Gasteiger partial charge in [0.05, 0.1) is 14.2 Å². The second-order valence-electron chi connectivity index (χ2n) is 3.71. The zero-order valence-corrected chi connectivity index (χ0v) is 10.3. The number of ketones is 1. The molecule has 1 aromatic carbocycles. The number of benzene rings is 1. The Morgan fingerprint density at radius 3 is 2.12 bits per heavy atom. The quantitative estimate of drug-likeness (QED) is 0.767. The van der Waals surface area contributed by atoms with Crippen LogP contribution < -0.4 is 9.47 Å². The molecule has 0 saturated carbocycles. The maximum atomic E-state index is 11.1. The van der Waals surface area contributed by atoms with E-state index in [9.17, 15) is 4.79 Å². The van der Waals surface area contributed by atoms with Gasteiger partial charge in [-0.05, 0) is 25.0 Å². The van der Waals surface area contributed by atoms with Gasteiger partial charge in [0.1, 0.15) is 17.3 Å². The number of carbonyl (C=O) groups excluding carboxylic acids is 1. The molecule has 88 valence electrons. The van der Waals surface area contributed by atoms with Crippen LogP contribution in [0.15, 0.2) is 12.1 Å². The van der Waals surface area contributed by atoms with E-state index in [1.165, 1.54) is 0 Å². The highest BCUT2D eigenvalue weighted by molar-refractivity contribution is 5.79. The van der Waals surface area contributed by atoms with Gasteiger partial charge in [-0.3, -0.25) is 4.79 Å². The summed E-state index contributed by atoms with van der Waals surface area (Å²) in [5, 5.41) is 0. The Bertz CT molecular complexity index is 383. The second kappa shape index (κ2) is 5.54. The van der Waals surface area contributed by atoms with E-state index in [1.54, 1.807) is 21.1 Å². The van der Waals surface area contributed by atoms with Gasteiger partial charge in [-0.1, -0.05) is 6.92 Å². The third-order valence-electron chi connectivity index (χ3n) is 2.50. The van der Waals surface area contributed by atoms with Crippen molar-refractivity contribution < 1.29 is 14.3 Å². The van der Waals surface area contributed by atoms with Crippen molar-refractivity contribution in [1.82, 2.24) is 0 Å². The minimum atomic E-state index is 0.130. The van der Waals surface area contributed by atoms with Crippen LogP contribution in [-0.2, 0) is 17.6 Å².